The molecule has 1 aliphatic carbocycles. The van der Waals surface area contributed by atoms with E-state index in [2.05, 4.69) is 15.6 Å². The smallest absolute Gasteiger partial charge is 0.235 e. The second kappa shape index (κ2) is 6.11. The molecule has 1 aromatic rings. The summed E-state index contributed by atoms with van der Waals surface area (Å²) in [5, 5.41) is 16.1. The first-order chi connectivity index (χ1) is 9.72. The number of rotatable bonds is 3. The van der Waals surface area contributed by atoms with Gasteiger partial charge in [0.25, 0.3) is 0 Å². The van der Waals surface area contributed by atoms with Gasteiger partial charge in [-0.25, -0.2) is 4.98 Å². The summed E-state index contributed by atoms with van der Waals surface area (Å²) in [7, 11) is 0. The van der Waals surface area contributed by atoms with Gasteiger partial charge in [0.2, 0.25) is 5.91 Å². The standard InChI is InChI=1S/C14H19N3O2S/c18-11-4-2-1-3-10(11)15-7-9-5-6-12-14(16-9)17-13(19)8-20-12/h5-6,10-11,15,18H,1-4,7-8H2,(H,16,17,19)/t10-,11-/m0/s1. The number of aliphatic hydroxyl groups is 1. The van der Waals surface area contributed by atoms with E-state index < -0.39 is 0 Å². The molecule has 2 aliphatic rings. The van der Waals surface area contributed by atoms with E-state index in [1.54, 1.807) is 0 Å². The number of aromatic nitrogens is 1. The maximum atomic E-state index is 11.4. The van der Waals surface area contributed by atoms with Crippen LogP contribution in [0.15, 0.2) is 17.0 Å². The lowest BCUT2D eigenvalue weighted by Gasteiger charge is -2.28. The highest BCUT2D eigenvalue weighted by molar-refractivity contribution is 8.00. The summed E-state index contributed by atoms with van der Waals surface area (Å²) in [4.78, 5) is 16.9. The number of anilines is 1. The summed E-state index contributed by atoms with van der Waals surface area (Å²) in [5.41, 5.74) is 0.893. The Balaban J connectivity index is 1.63. The van der Waals surface area contributed by atoms with E-state index >= 15 is 0 Å². The van der Waals surface area contributed by atoms with Gasteiger partial charge in [-0.15, -0.1) is 11.8 Å². The molecule has 3 N–H and O–H groups in total. The van der Waals surface area contributed by atoms with Gasteiger partial charge in [0, 0.05) is 12.6 Å². The zero-order valence-electron chi connectivity index (χ0n) is 11.3. The van der Waals surface area contributed by atoms with Crippen LogP contribution in [0.3, 0.4) is 0 Å². The van der Waals surface area contributed by atoms with Crippen molar-refractivity contribution in [3.63, 3.8) is 0 Å². The van der Waals surface area contributed by atoms with E-state index in [0.717, 1.165) is 29.9 Å². The Bertz CT molecular complexity index is 509. The van der Waals surface area contributed by atoms with Gasteiger partial charge in [-0.1, -0.05) is 12.8 Å². The van der Waals surface area contributed by atoms with Gasteiger partial charge in [-0.2, -0.15) is 0 Å². The zero-order valence-corrected chi connectivity index (χ0v) is 12.1. The molecule has 0 bridgehead atoms. The molecule has 0 unspecified atom stereocenters. The van der Waals surface area contributed by atoms with Crippen LogP contribution in [0.5, 0.6) is 0 Å². The fraction of sp³-hybridized carbons (Fsp3) is 0.571. The van der Waals surface area contributed by atoms with Gasteiger partial charge in [-0.05, 0) is 25.0 Å². The topological polar surface area (TPSA) is 74.2 Å². The number of carbonyl (C=O) groups is 1. The molecule has 6 heteroatoms. The lowest BCUT2D eigenvalue weighted by Crippen LogP contribution is -2.41. The Labute approximate surface area is 122 Å². The van der Waals surface area contributed by atoms with Crippen molar-refractivity contribution in [2.24, 2.45) is 0 Å². The van der Waals surface area contributed by atoms with Crippen LogP contribution in [0, 0.1) is 0 Å². The van der Waals surface area contributed by atoms with E-state index in [4.69, 9.17) is 0 Å². The minimum atomic E-state index is -0.253. The molecule has 0 radical (unpaired) electrons. The Morgan fingerprint density at radius 3 is 3.10 bits per heavy atom. The van der Waals surface area contributed by atoms with E-state index in [1.165, 1.54) is 18.2 Å². The molecule has 3 rings (SSSR count). The van der Waals surface area contributed by atoms with Crippen LogP contribution in [-0.4, -0.2) is 33.9 Å². The largest absolute Gasteiger partial charge is 0.392 e. The highest BCUT2D eigenvalue weighted by Gasteiger charge is 2.22. The molecule has 1 saturated carbocycles. The van der Waals surface area contributed by atoms with Gasteiger partial charge < -0.3 is 15.7 Å². The number of nitrogens with one attached hydrogen (secondary N) is 2. The maximum absolute atomic E-state index is 11.4. The summed E-state index contributed by atoms with van der Waals surface area (Å²) < 4.78 is 0. The number of hydrogen-bond donors (Lipinski definition) is 3. The number of aliphatic hydroxyl groups excluding tert-OH is 1. The molecule has 1 fully saturated rings. The molecule has 2 heterocycles. The molecule has 0 aromatic carbocycles. The molecular weight excluding hydrogens is 274 g/mol. The SMILES string of the molecule is O=C1CSc2ccc(CN[C@H]3CCCC[C@@H]3O)nc2N1. The molecule has 108 valence electrons. The first-order valence-corrected chi connectivity index (χ1v) is 8.05. The van der Waals surface area contributed by atoms with Crippen molar-refractivity contribution in [3.05, 3.63) is 17.8 Å². The van der Waals surface area contributed by atoms with E-state index in [0.29, 0.717) is 18.1 Å². The number of fused-ring (bicyclic) bond motifs is 1. The maximum Gasteiger partial charge on any atom is 0.235 e. The van der Waals surface area contributed by atoms with Crippen LogP contribution >= 0.6 is 11.8 Å². The number of amides is 1. The van der Waals surface area contributed by atoms with Crippen LogP contribution in [0.1, 0.15) is 31.4 Å². The van der Waals surface area contributed by atoms with Crippen LogP contribution in [-0.2, 0) is 11.3 Å². The Morgan fingerprint density at radius 1 is 1.40 bits per heavy atom. The Kier molecular flexibility index (Phi) is 4.24. The van der Waals surface area contributed by atoms with Crippen molar-refractivity contribution in [1.29, 1.82) is 0 Å². The number of thioether (sulfide) groups is 1. The molecular formula is C14H19N3O2S. The quantitative estimate of drug-likeness (QED) is 0.788. The Hall–Kier alpha value is -1.11. The summed E-state index contributed by atoms with van der Waals surface area (Å²) in [6.07, 6.45) is 3.91. The zero-order chi connectivity index (χ0) is 13.9. The van der Waals surface area contributed by atoms with Gasteiger partial charge >= 0.3 is 0 Å². The first kappa shape index (κ1) is 13.9. The van der Waals surface area contributed by atoms with Gasteiger partial charge in [0.1, 0.15) is 5.82 Å². The van der Waals surface area contributed by atoms with Crippen molar-refractivity contribution < 1.29 is 9.90 Å². The van der Waals surface area contributed by atoms with Crippen LogP contribution in [0.4, 0.5) is 5.82 Å². The summed E-state index contributed by atoms with van der Waals surface area (Å²) in [5.74, 6) is 1.12. The van der Waals surface area contributed by atoms with Crippen molar-refractivity contribution in [1.82, 2.24) is 10.3 Å². The number of pyridine rings is 1. The minimum absolute atomic E-state index is 0.00260. The average Bonchev–Trinajstić information content (AvgIpc) is 2.46. The summed E-state index contributed by atoms with van der Waals surface area (Å²) in [6.45, 7) is 0.621. The third-order valence-corrected chi connectivity index (χ3v) is 4.85. The molecule has 1 aliphatic heterocycles. The minimum Gasteiger partial charge on any atom is -0.392 e. The average molecular weight is 293 g/mol. The fourth-order valence-electron chi connectivity index (χ4n) is 2.69. The first-order valence-electron chi connectivity index (χ1n) is 7.06. The van der Waals surface area contributed by atoms with E-state index in [1.807, 2.05) is 12.1 Å². The number of hydrogen-bond acceptors (Lipinski definition) is 5. The lowest BCUT2D eigenvalue weighted by molar-refractivity contribution is -0.113. The molecule has 5 nitrogen and oxygen atoms in total. The molecule has 1 amide bonds. The van der Waals surface area contributed by atoms with Gasteiger partial charge in [0.15, 0.2) is 0 Å². The van der Waals surface area contributed by atoms with Crippen LogP contribution in [0.2, 0.25) is 0 Å². The predicted molar refractivity (Wildman–Crippen MR) is 78.7 cm³/mol. The Morgan fingerprint density at radius 2 is 2.25 bits per heavy atom. The highest BCUT2D eigenvalue weighted by atomic mass is 32.2. The second-order valence-electron chi connectivity index (χ2n) is 5.33. The van der Waals surface area contributed by atoms with E-state index in [-0.39, 0.29) is 18.1 Å². The van der Waals surface area contributed by atoms with Crippen LogP contribution < -0.4 is 10.6 Å². The molecule has 20 heavy (non-hydrogen) atoms. The second-order valence-corrected chi connectivity index (χ2v) is 6.34. The fourth-order valence-corrected chi connectivity index (χ4v) is 3.44. The normalized spacial score (nSPS) is 25.9. The van der Waals surface area contributed by atoms with Crippen molar-refractivity contribution >= 4 is 23.5 Å². The third-order valence-electron chi connectivity index (χ3n) is 3.81. The summed E-state index contributed by atoms with van der Waals surface area (Å²) in [6, 6.07) is 4.14. The van der Waals surface area contributed by atoms with Crippen LogP contribution in [0.25, 0.3) is 0 Å². The molecule has 1 aromatic heterocycles. The molecule has 0 saturated heterocycles. The highest BCUT2D eigenvalue weighted by Crippen LogP contribution is 2.29. The monoisotopic (exact) mass is 293 g/mol. The van der Waals surface area contributed by atoms with E-state index in [9.17, 15) is 9.90 Å². The van der Waals surface area contributed by atoms with Crippen molar-refractivity contribution in [2.75, 3.05) is 11.1 Å². The molecule has 2 atom stereocenters. The number of nitrogens with zero attached hydrogens (tertiary/aromatic N) is 1. The van der Waals surface area contributed by atoms with Gasteiger partial charge in [0.05, 0.1) is 22.4 Å². The van der Waals surface area contributed by atoms with Gasteiger partial charge in [-0.3, -0.25) is 4.79 Å². The van der Waals surface area contributed by atoms with Crippen molar-refractivity contribution in [2.45, 2.75) is 49.3 Å². The lowest BCUT2D eigenvalue weighted by atomic mass is 9.92. The number of carbonyl (C=O) groups excluding carboxylic acids is 1. The predicted octanol–water partition coefficient (Wildman–Crippen LogP) is 1.52. The molecule has 0 spiro atoms. The summed E-state index contributed by atoms with van der Waals surface area (Å²) >= 11 is 1.52. The third kappa shape index (κ3) is 3.13. The van der Waals surface area contributed by atoms with Crippen molar-refractivity contribution in [3.8, 4) is 0 Å².